The van der Waals surface area contributed by atoms with E-state index in [1.54, 1.807) is 36.4 Å². The fourth-order valence-corrected chi connectivity index (χ4v) is 4.77. The molecule has 1 heterocycles. The second-order valence-electron chi connectivity index (χ2n) is 9.09. The summed E-state index contributed by atoms with van der Waals surface area (Å²) < 4.78 is 0. The number of carbonyl (C=O) groups excluding carboxylic acids is 2. The van der Waals surface area contributed by atoms with Crippen LogP contribution in [0.3, 0.4) is 0 Å². The molecule has 0 saturated carbocycles. The Morgan fingerprint density at radius 3 is 2.50 bits per heavy atom. The van der Waals surface area contributed by atoms with Crippen LogP contribution in [0.15, 0.2) is 60.8 Å². The van der Waals surface area contributed by atoms with E-state index >= 15 is 0 Å². The molecular formula is C30H28N4O4. The van der Waals surface area contributed by atoms with Crippen molar-refractivity contribution in [3.05, 3.63) is 94.2 Å². The number of fused-ring (bicyclic) bond motifs is 1. The minimum absolute atomic E-state index is 0.127. The van der Waals surface area contributed by atoms with Gasteiger partial charge in [0.15, 0.2) is 0 Å². The Morgan fingerprint density at radius 2 is 1.82 bits per heavy atom. The van der Waals surface area contributed by atoms with Crippen LogP contribution in [-0.4, -0.2) is 41.5 Å². The third-order valence-corrected chi connectivity index (χ3v) is 6.70. The number of carboxylic acids is 1. The minimum Gasteiger partial charge on any atom is -0.478 e. The van der Waals surface area contributed by atoms with Crippen molar-refractivity contribution in [1.82, 2.24) is 15.6 Å². The Morgan fingerprint density at radius 1 is 1.03 bits per heavy atom. The van der Waals surface area contributed by atoms with Gasteiger partial charge in [-0.15, -0.1) is 0 Å². The predicted molar refractivity (Wildman–Crippen MR) is 145 cm³/mol. The summed E-state index contributed by atoms with van der Waals surface area (Å²) in [5, 5.41) is 25.3. The van der Waals surface area contributed by atoms with Gasteiger partial charge < -0.3 is 20.7 Å². The molecule has 0 saturated heterocycles. The lowest BCUT2D eigenvalue weighted by Gasteiger charge is -2.21. The van der Waals surface area contributed by atoms with E-state index in [1.165, 1.54) is 7.05 Å². The molecule has 0 bridgehead atoms. The molecule has 4 aromatic rings. The van der Waals surface area contributed by atoms with Crippen molar-refractivity contribution in [2.45, 2.75) is 26.2 Å². The Labute approximate surface area is 220 Å². The molecule has 38 heavy (non-hydrogen) atoms. The van der Waals surface area contributed by atoms with Crippen LogP contribution >= 0.6 is 0 Å². The topological polar surface area (TPSA) is 135 Å². The molecule has 0 aliphatic carbocycles. The summed E-state index contributed by atoms with van der Waals surface area (Å²) >= 11 is 0. The Kier molecular flexibility index (Phi) is 7.58. The largest absolute Gasteiger partial charge is 0.478 e. The van der Waals surface area contributed by atoms with Gasteiger partial charge in [-0.25, -0.2) is 4.79 Å². The number of H-pyrrole nitrogens is 1. The van der Waals surface area contributed by atoms with Crippen molar-refractivity contribution < 1.29 is 19.5 Å². The van der Waals surface area contributed by atoms with Crippen LogP contribution in [-0.2, 0) is 4.79 Å². The highest BCUT2D eigenvalue weighted by Gasteiger charge is 2.24. The summed E-state index contributed by atoms with van der Waals surface area (Å²) in [5.41, 5.74) is 5.67. The van der Waals surface area contributed by atoms with E-state index in [1.807, 2.05) is 38.2 Å². The van der Waals surface area contributed by atoms with Crippen molar-refractivity contribution in [1.29, 1.82) is 5.26 Å². The summed E-state index contributed by atoms with van der Waals surface area (Å²) in [6.07, 6.45) is 2.62. The first-order valence-electron chi connectivity index (χ1n) is 12.3. The van der Waals surface area contributed by atoms with Crippen LogP contribution in [0.2, 0.25) is 0 Å². The number of aromatic nitrogens is 1. The van der Waals surface area contributed by atoms with Crippen molar-refractivity contribution in [3.8, 4) is 17.2 Å². The number of carbonyl (C=O) groups is 3. The van der Waals surface area contributed by atoms with Gasteiger partial charge in [0, 0.05) is 35.6 Å². The van der Waals surface area contributed by atoms with Gasteiger partial charge in [0.25, 0.3) is 5.91 Å². The molecule has 0 aliphatic rings. The van der Waals surface area contributed by atoms with Gasteiger partial charge in [0.05, 0.1) is 23.7 Å². The number of rotatable bonds is 8. The predicted octanol–water partition coefficient (Wildman–Crippen LogP) is 4.73. The van der Waals surface area contributed by atoms with Crippen LogP contribution in [0.5, 0.6) is 0 Å². The molecule has 2 amide bonds. The quantitative estimate of drug-likeness (QED) is 0.273. The van der Waals surface area contributed by atoms with Crippen molar-refractivity contribution in [2.24, 2.45) is 0 Å². The zero-order valence-electron chi connectivity index (χ0n) is 21.4. The molecule has 0 radical (unpaired) electrons. The highest BCUT2D eigenvalue weighted by molar-refractivity contribution is 6.01. The highest BCUT2D eigenvalue weighted by atomic mass is 16.4. The van der Waals surface area contributed by atoms with Crippen LogP contribution in [0.25, 0.3) is 22.0 Å². The summed E-state index contributed by atoms with van der Waals surface area (Å²) in [4.78, 5) is 40.0. The number of benzene rings is 3. The molecule has 8 heteroatoms. The number of nitrogens with zero attached hydrogens (tertiary/aromatic N) is 1. The lowest BCUT2D eigenvalue weighted by atomic mass is 9.82. The lowest BCUT2D eigenvalue weighted by Crippen LogP contribution is -2.35. The maximum Gasteiger partial charge on any atom is 0.336 e. The Bertz CT molecular complexity index is 1600. The van der Waals surface area contributed by atoms with E-state index in [0.29, 0.717) is 28.7 Å². The third-order valence-electron chi connectivity index (χ3n) is 6.70. The molecule has 8 nitrogen and oxygen atoms in total. The smallest absolute Gasteiger partial charge is 0.336 e. The van der Waals surface area contributed by atoms with Gasteiger partial charge in [-0.05, 0) is 65.9 Å². The van der Waals surface area contributed by atoms with E-state index < -0.39 is 11.9 Å². The highest BCUT2D eigenvalue weighted by Crippen LogP contribution is 2.40. The van der Waals surface area contributed by atoms with Crippen LogP contribution in [0, 0.1) is 18.3 Å². The molecule has 3 aromatic carbocycles. The number of carboxylic acid groups (broad SMARTS) is 1. The van der Waals surface area contributed by atoms with E-state index in [0.717, 1.165) is 27.6 Å². The normalized spacial score (nSPS) is 11.5. The van der Waals surface area contributed by atoms with Crippen LogP contribution < -0.4 is 10.6 Å². The van der Waals surface area contributed by atoms with E-state index in [2.05, 4.69) is 21.7 Å². The molecule has 0 aliphatic heterocycles. The van der Waals surface area contributed by atoms with Crippen LogP contribution in [0.4, 0.5) is 0 Å². The van der Waals surface area contributed by atoms with Gasteiger partial charge in [0.2, 0.25) is 5.91 Å². The first kappa shape index (κ1) is 26.2. The van der Waals surface area contributed by atoms with Gasteiger partial charge in [-0.1, -0.05) is 36.8 Å². The summed E-state index contributed by atoms with van der Waals surface area (Å²) in [6, 6.07) is 18.1. The third kappa shape index (κ3) is 5.13. The maximum atomic E-state index is 12.9. The second-order valence-corrected chi connectivity index (χ2v) is 9.09. The zero-order valence-corrected chi connectivity index (χ0v) is 21.4. The number of likely N-dealkylation sites (N-methyl/N-ethyl adjacent to an activating group) is 1. The maximum absolute atomic E-state index is 12.9. The molecule has 1 unspecified atom stereocenters. The molecule has 4 N–H and O–H groups in total. The Hall–Kier alpha value is -4.90. The SMILES string of the molecule is CCC(c1ccc(C(=O)NCC(=O)NC)cc1-c1ccc(C)cc1C(=O)O)c1c[nH]c2cc(C#N)ccc12. The van der Waals surface area contributed by atoms with Crippen molar-refractivity contribution in [3.63, 3.8) is 0 Å². The van der Waals surface area contributed by atoms with Crippen molar-refractivity contribution in [2.75, 3.05) is 13.6 Å². The lowest BCUT2D eigenvalue weighted by molar-refractivity contribution is -0.119. The summed E-state index contributed by atoms with van der Waals surface area (Å²) in [5.74, 6) is -1.95. The molecule has 192 valence electrons. The number of amides is 2. The van der Waals surface area contributed by atoms with Crippen LogP contribution in [0.1, 0.15) is 62.2 Å². The zero-order chi connectivity index (χ0) is 27.4. The van der Waals surface area contributed by atoms with Gasteiger partial charge in [-0.3, -0.25) is 9.59 Å². The van der Waals surface area contributed by atoms with E-state index in [-0.39, 0.29) is 23.9 Å². The van der Waals surface area contributed by atoms with Crippen molar-refractivity contribution >= 4 is 28.7 Å². The van der Waals surface area contributed by atoms with Gasteiger partial charge in [-0.2, -0.15) is 5.26 Å². The van der Waals surface area contributed by atoms with Gasteiger partial charge in [0.1, 0.15) is 0 Å². The number of nitrogens with one attached hydrogen (secondary N) is 3. The first-order chi connectivity index (χ1) is 18.3. The fraction of sp³-hybridized carbons (Fsp3) is 0.200. The number of nitriles is 1. The molecule has 1 aromatic heterocycles. The molecule has 0 spiro atoms. The summed E-state index contributed by atoms with van der Waals surface area (Å²) in [6.45, 7) is 3.71. The molecular weight excluding hydrogens is 480 g/mol. The van der Waals surface area contributed by atoms with E-state index in [4.69, 9.17) is 0 Å². The fourth-order valence-electron chi connectivity index (χ4n) is 4.77. The van der Waals surface area contributed by atoms with E-state index in [9.17, 15) is 24.8 Å². The second kappa shape index (κ2) is 11.0. The molecule has 1 atom stereocenters. The molecule has 0 fully saturated rings. The Balaban J connectivity index is 1.90. The number of aromatic carboxylic acids is 1. The average molecular weight is 509 g/mol. The monoisotopic (exact) mass is 508 g/mol. The van der Waals surface area contributed by atoms with Gasteiger partial charge >= 0.3 is 5.97 Å². The number of hydrogen-bond donors (Lipinski definition) is 4. The number of hydrogen-bond acceptors (Lipinski definition) is 4. The number of aromatic amines is 1. The minimum atomic E-state index is -1.06. The first-order valence-corrected chi connectivity index (χ1v) is 12.3. The molecule has 4 rings (SSSR count). The number of aryl methyl sites for hydroxylation is 1. The standard InChI is InChI=1S/C30H28N4O4/c1-4-20(26-15-33-27-12-18(14-31)6-9-23(26)27)21-10-7-19(29(36)34-16-28(35)32-3)13-24(21)22-8-5-17(2)11-25(22)30(37)38/h5-13,15,20,33H,4,16H2,1-3H3,(H,32,35)(H,34,36)(H,37,38). The average Bonchev–Trinajstić information content (AvgIpc) is 3.34. The summed E-state index contributed by atoms with van der Waals surface area (Å²) in [7, 11) is 1.49.